The third-order valence-electron chi connectivity index (χ3n) is 11.9. The van der Waals surface area contributed by atoms with Crippen LogP contribution in [-0.4, -0.2) is 37.2 Å². The Kier molecular flexibility index (Phi) is 56.0. The molecule has 0 unspecified atom stereocenters. The Morgan fingerprint density at radius 2 is 0.534 bits per heavy atom. The van der Waals surface area contributed by atoms with Gasteiger partial charge in [0.15, 0.2) is 6.10 Å². The number of allylic oxidation sites excluding steroid dienone is 24. The minimum Gasteiger partial charge on any atom is -0.462 e. The van der Waals surface area contributed by atoms with Gasteiger partial charge in [-0.3, -0.25) is 14.4 Å². The summed E-state index contributed by atoms with van der Waals surface area (Å²) in [6, 6.07) is 0. The molecule has 410 valence electrons. The predicted molar refractivity (Wildman–Crippen MR) is 315 cm³/mol. The summed E-state index contributed by atoms with van der Waals surface area (Å²) in [7, 11) is 0. The monoisotopic (exact) mass is 1010 g/mol. The number of hydrogen-bond acceptors (Lipinski definition) is 6. The van der Waals surface area contributed by atoms with Crippen molar-refractivity contribution >= 4 is 17.9 Å². The highest BCUT2D eigenvalue weighted by Crippen LogP contribution is 2.15. The molecule has 6 heteroatoms. The van der Waals surface area contributed by atoms with Crippen LogP contribution in [0.3, 0.4) is 0 Å². The average Bonchev–Trinajstić information content (AvgIpc) is 3.39. The highest BCUT2D eigenvalue weighted by Gasteiger charge is 2.19. The van der Waals surface area contributed by atoms with Crippen LogP contribution in [0.1, 0.15) is 239 Å². The largest absolute Gasteiger partial charge is 0.462 e. The van der Waals surface area contributed by atoms with Gasteiger partial charge in [-0.1, -0.05) is 269 Å². The molecular weight excluding hydrogens is 901 g/mol. The fraction of sp³-hybridized carbons (Fsp3) is 0.597. The van der Waals surface area contributed by atoms with Gasteiger partial charge >= 0.3 is 17.9 Å². The second-order valence-electron chi connectivity index (χ2n) is 18.8. The zero-order valence-electron chi connectivity index (χ0n) is 46.8. The molecular formula is C67H106O6. The summed E-state index contributed by atoms with van der Waals surface area (Å²) in [6.45, 7) is 6.29. The lowest BCUT2D eigenvalue weighted by Crippen LogP contribution is -2.30. The molecule has 0 N–H and O–H groups in total. The van der Waals surface area contributed by atoms with Gasteiger partial charge < -0.3 is 14.2 Å². The molecule has 0 aliphatic heterocycles. The highest BCUT2D eigenvalue weighted by atomic mass is 16.6. The first-order chi connectivity index (χ1) is 36.0. The molecule has 0 bridgehead atoms. The standard InChI is InChI=1S/C67H106O6/c1-4-7-10-13-16-19-22-25-28-31-33-36-39-42-45-48-51-54-57-60-66(69)72-63-64(62-71-65(68)59-56-53-50-47-44-41-38-35-30-27-24-21-18-15-12-9-6-3)73-67(70)61-58-55-52-49-46-43-40-37-34-32-29-26-23-20-17-14-11-8-5-2/h7-8,10-11,16-17,19-20,25-26,28-29,33-34,36-37,42-43,45-46,51-52,54-55,64H,4-6,9,12-15,18,21-24,27,30-32,35,38-41,44,47-50,53,56-63H2,1-3H3/b10-7+,11-8+,19-16+,20-17+,28-25+,29-26+,36-33+,37-34+,45-42+,46-43+,54-51+,55-52+/t64-/m1/s1. The molecule has 0 saturated heterocycles. The first-order valence-electron chi connectivity index (χ1n) is 29.3. The SMILES string of the molecule is CC/C=C/C/C=C/C/C=C/C/C=C/C/C=C/C/C=C/CCC(=O)OC[C@@H](COC(=O)CCCCCCCCCCCCCCCCCCC)OC(=O)CC/C=C/C/C=C/C/C=C/C/C=C/C/C=C/C/C=C/CC. The molecule has 0 fully saturated rings. The Bertz CT molecular complexity index is 1630. The molecule has 0 heterocycles. The van der Waals surface area contributed by atoms with E-state index < -0.39 is 12.1 Å². The Hall–Kier alpha value is -4.71. The summed E-state index contributed by atoms with van der Waals surface area (Å²) in [5, 5.41) is 0. The fourth-order valence-electron chi connectivity index (χ4n) is 7.55. The van der Waals surface area contributed by atoms with Crippen LogP contribution in [0, 0.1) is 0 Å². The van der Waals surface area contributed by atoms with Crippen molar-refractivity contribution in [3.8, 4) is 0 Å². The lowest BCUT2D eigenvalue weighted by Gasteiger charge is -2.18. The second kappa shape index (κ2) is 59.8. The molecule has 6 nitrogen and oxygen atoms in total. The average molecular weight is 1010 g/mol. The summed E-state index contributed by atoms with van der Waals surface area (Å²) in [5.74, 6) is -1.11. The van der Waals surface area contributed by atoms with E-state index in [1.807, 2.05) is 24.3 Å². The van der Waals surface area contributed by atoms with E-state index in [4.69, 9.17) is 14.2 Å². The van der Waals surface area contributed by atoms with Crippen molar-refractivity contribution in [1.29, 1.82) is 0 Å². The summed E-state index contributed by atoms with van der Waals surface area (Å²) < 4.78 is 16.7. The van der Waals surface area contributed by atoms with Gasteiger partial charge in [-0.05, 0) is 96.3 Å². The van der Waals surface area contributed by atoms with Crippen LogP contribution in [0.5, 0.6) is 0 Å². The maximum atomic E-state index is 12.8. The fourth-order valence-corrected chi connectivity index (χ4v) is 7.55. The lowest BCUT2D eigenvalue weighted by molar-refractivity contribution is -0.166. The molecule has 73 heavy (non-hydrogen) atoms. The van der Waals surface area contributed by atoms with Crippen molar-refractivity contribution in [3.05, 3.63) is 146 Å². The van der Waals surface area contributed by atoms with Crippen molar-refractivity contribution in [2.24, 2.45) is 0 Å². The number of carbonyl (C=O) groups excluding carboxylic acids is 3. The summed E-state index contributed by atoms with van der Waals surface area (Å²) in [4.78, 5) is 38.1. The van der Waals surface area contributed by atoms with Gasteiger partial charge in [0.1, 0.15) is 13.2 Å². The second-order valence-corrected chi connectivity index (χ2v) is 18.8. The Morgan fingerprint density at radius 1 is 0.288 bits per heavy atom. The van der Waals surface area contributed by atoms with Crippen molar-refractivity contribution in [1.82, 2.24) is 0 Å². The van der Waals surface area contributed by atoms with Gasteiger partial charge in [0.2, 0.25) is 0 Å². The molecule has 0 saturated carbocycles. The number of unbranched alkanes of at least 4 members (excludes halogenated alkanes) is 16. The first kappa shape index (κ1) is 68.3. The molecule has 0 rings (SSSR count). The first-order valence-corrected chi connectivity index (χ1v) is 29.3. The normalized spacial score (nSPS) is 13.2. The molecule has 0 aromatic carbocycles. The number of rotatable bonds is 51. The smallest absolute Gasteiger partial charge is 0.306 e. The number of ether oxygens (including phenoxy) is 3. The quantitative estimate of drug-likeness (QED) is 0.0261. The summed E-state index contributed by atoms with van der Waals surface area (Å²) in [5.41, 5.74) is 0. The predicted octanol–water partition coefficient (Wildman–Crippen LogP) is 20.0. The van der Waals surface area contributed by atoms with Crippen LogP contribution in [-0.2, 0) is 28.6 Å². The van der Waals surface area contributed by atoms with Gasteiger partial charge in [-0.2, -0.15) is 0 Å². The van der Waals surface area contributed by atoms with E-state index in [9.17, 15) is 14.4 Å². The molecule has 0 amide bonds. The van der Waals surface area contributed by atoms with Crippen LogP contribution < -0.4 is 0 Å². The Morgan fingerprint density at radius 3 is 0.836 bits per heavy atom. The molecule has 0 aliphatic carbocycles. The van der Waals surface area contributed by atoms with E-state index in [0.29, 0.717) is 19.3 Å². The lowest BCUT2D eigenvalue weighted by atomic mass is 10.0. The van der Waals surface area contributed by atoms with Crippen molar-refractivity contribution < 1.29 is 28.6 Å². The van der Waals surface area contributed by atoms with E-state index in [1.165, 1.54) is 89.9 Å². The van der Waals surface area contributed by atoms with Gasteiger partial charge in [-0.15, -0.1) is 0 Å². The van der Waals surface area contributed by atoms with Gasteiger partial charge in [0.25, 0.3) is 0 Å². The third kappa shape index (κ3) is 58.1. The third-order valence-corrected chi connectivity index (χ3v) is 11.9. The van der Waals surface area contributed by atoms with E-state index in [0.717, 1.165) is 96.3 Å². The van der Waals surface area contributed by atoms with Crippen molar-refractivity contribution in [2.45, 2.75) is 245 Å². The van der Waals surface area contributed by atoms with Crippen LogP contribution >= 0.6 is 0 Å². The molecule has 0 spiro atoms. The van der Waals surface area contributed by atoms with E-state index >= 15 is 0 Å². The van der Waals surface area contributed by atoms with Gasteiger partial charge in [0, 0.05) is 19.3 Å². The van der Waals surface area contributed by atoms with Crippen LogP contribution in [0.15, 0.2) is 146 Å². The zero-order valence-corrected chi connectivity index (χ0v) is 46.8. The molecule has 0 aliphatic rings. The van der Waals surface area contributed by atoms with E-state index in [2.05, 4.69) is 142 Å². The number of hydrogen-bond donors (Lipinski definition) is 0. The van der Waals surface area contributed by atoms with Crippen LogP contribution in [0.25, 0.3) is 0 Å². The van der Waals surface area contributed by atoms with Gasteiger partial charge in [-0.25, -0.2) is 0 Å². The molecule has 0 aromatic heterocycles. The molecule has 0 radical (unpaired) electrons. The van der Waals surface area contributed by atoms with Crippen molar-refractivity contribution in [3.63, 3.8) is 0 Å². The maximum absolute atomic E-state index is 12.8. The highest BCUT2D eigenvalue weighted by molar-refractivity contribution is 5.71. The van der Waals surface area contributed by atoms with E-state index in [-0.39, 0.29) is 38.0 Å². The topological polar surface area (TPSA) is 78.9 Å². The minimum atomic E-state index is -0.855. The number of esters is 3. The maximum Gasteiger partial charge on any atom is 0.306 e. The Labute approximate surface area is 448 Å². The zero-order chi connectivity index (χ0) is 52.9. The number of carbonyl (C=O) groups is 3. The molecule has 1 atom stereocenters. The van der Waals surface area contributed by atoms with Crippen molar-refractivity contribution in [2.75, 3.05) is 13.2 Å². The van der Waals surface area contributed by atoms with Crippen LogP contribution in [0.2, 0.25) is 0 Å². The Balaban J connectivity index is 4.62. The summed E-state index contributed by atoms with van der Waals surface area (Å²) >= 11 is 0. The van der Waals surface area contributed by atoms with Crippen LogP contribution in [0.4, 0.5) is 0 Å². The molecule has 0 aromatic rings. The summed E-state index contributed by atoms with van der Waals surface area (Å²) in [6.07, 6.45) is 85.8. The minimum absolute atomic E-state index is 0.135. The van der Waals surface area contributed by atoms with E-state index in [1.54, 1.807) is 0 Å². The van der Waals surface area contributed by atoms with Gasteiger partial charge in [0.05, 0.1) is 0 Å².